The molecule has 0 radical (unpaired) electrons. The van der Waals surface area contributed by atoms with E-state index in [1.807, 2.05) is 30.3 Å². The van der Waals surface area contributed by atoms with Crippen LogP contribution in [0.4, 0.5) is 0 Å². The Morgan fingerprint density at radius 3 is 1.18 bits per heavy atom. The molecule has 0 atom stereocenters. The van der Waals surface area contributed by atoms with Crippen molar-refractivity contribution in [2.75, 3.05) is 0 Å². The maximum Gasteiger partial charge on any atom is 0.241 e. The number of nitrogens with one attached hydrogen (secondary N) is 1. The third kappa shape index (κ3) is 17.3. The first kappa shape index (κ1) is 21.2. The Balaban J connectivity index is 0.000000604. The molecule has 0 amide bonds. The van der Waals surface area contributed by atoms with Gasteiger partial charge in [0.15, 0.2) is 0 Å². The normalized spacial score (nSPS) is 10.3. The van der Waals surface area contributed by atoms with Crippen LogP contribution >= 0.6 is 0 Å². The molecule has 0 aliphatic heterocycles. The summed E-state index contributed by atoms with van der Waals surface area (Å²) in [6.07, 6.45) is 26.1. The van der Waals surface area contributed by atoms with Gasteiger partial charge in [-0.25, -0.2) is 4.57 Å². The molecule has 0 saturated heterocycles. The van der Waals surface area contributed by atoms with Crippen molar-refractivity contribution < 1.29 is 4.57 Å². The molecule has 0 aromatic carbocycles. The minimum atomic E-state index is 1.37. The van der Waals surface area contributed by atoms with Crippen molar-refractivity contribution >= 4 is 0 Å². The van der Waals surface area contributed by atoms with Crippen LogP contribution in [-0.4, -0.2) is 4.98 Å². The molecule has 1 rings (SSSR count). The Morgan fingerprint density at radius 2 is 1.00 bits per heavy atom. The Bertz CT molecular complexity index is 266. The molecule has 0 aliphatic carbocycles. The Labute approximate surface area is 139 Å². The van der Waals surface area contributed by atoms with Gasteiger partial charge in [0.05, 0.1) is 7.05 Å². The Kier molecular flexibility index (Phi) is 17.6. The number of nitrogens with zero attached hydrogens (tertiary/aromatic N) is 1. The summed E-state index contributed by atoms with van der Waals surface area (Å²) in [5, 5.41) is 0. The monoisotopic (exact) mass is 309 g/mol. The fourth-order valence-corrected chi connectivity index (χ4v) is 2.63. The van der Waals surface area contributed by atoms with Crippen molar-refractivity contribution in [3.05, 3.63) is 18.7 Å². The maximum atomic E-state index is 2.89. The lowest BCUT2D eigenvalue weighted by atomic mass is 10.0. The minimum absolute atomic E-state index is 1.37. The molecule has 2 nitrogen and oxygen atoms in total. The lowest BCUT2D eigenvalue weighted by Crippen LogP contribution is -2.22. The fourth-order valence-electron chi connectivity index (χ4n) is 2.63. The summed E-state index contributed by atoms with van der Waals surface area (Å²) < 4.78 is 1.94. The SMILES string of the molecule is CCCCCCCCCCCCCCCC.C[n+]1cc[nH]c1. The highest BCUT2D eigenvalue weighted by molar-refractivity contribution is 4.54. The van der Waals surface area contributed by atoms with E-state index in [-0.39, 0.29) is 0 Å². The van der Waals surface area contributed by atoms with E-state index in [0.717, 1.165) is 0 Å². The van der Waals surface area contributed by atoms with E-state index < -0.39 is 0 Å². The number of H-pyrrole nitrogens is 1. The maximum absolute atomic E-state index is 2.89. The van der Waals surface area contributed by atoms with E-state index in [4.69, 9.17) is 0 Å². The standard InChI is InChI=1S/C16H34.C4H6N2/c1-3-5-7-9-11-13-15-16-14-12-10-8-6-4-2;1-6-3-2-5-4-6/h3-16H2,1-2H3;2-4H,1H3/p+1. The highest BCUT2D eigenvalue weighted by Gasteiger charge is 1.92. The molecular formula is C20H41N2+. The van der Waals surface area contributed by atoms with E-state index in [1.165, 1.54) is 89.9 Å². The summed E-state index contributed by atoms with van der Waals surface area (Å²) in [7, 11) is 1.97. The number of unbranched alkanes of at least 4 members (excludes halogenated alkanes) is 13. The third-order valence-corrected chi connectivity index (χ3v) is 4.14. The fraction of sp³-hybridized carbons (Fsp3) is 0.850. The number of hydrogen-bond acceptors (Lipinski definition) is 0. The summed E-state index contributed by atoms with van der Waals surface area (Å²) in [4.78, 5) is 2.89. The molecular weight excluding hydrogens is 268 g/mol. The van der Waals surface area contributed by atoms with Crippen molar-refractivity contribution in [1.29, 1.82) is 0 Å². The second kappa shape index (κ2) is 18.3. The van der Waals surface area contributed by atoms with E-state index in [2.05, 4.69) is 18.8 Å². The number of aryl methyl sites for hydroxylation is 1. The zero-order chi connectivity index (χ0) is 16.3. The average Bonchev–Trinajstić information content (AvgIpc) is 3.00. The molecule has 1 aromatic rings. The van der Waals surface area contributed by atoms with Crippen LogP contribution in [-0.2, 0) is 7.05 Å². The zero-order valence-electron chi connectivity index (χ0n) is 15.6. The van der Waals surface area contributed by atoms with Crippen molar-refractivity contribution in [2.24, 2.45) is 7.05 Å². The van der Waals surface area contributed by atoms with Crippen LogP contribution in [0.3, 0.4) is 0 Å². The first-order chi connectivity index (χ1) is 10.8. The molecule has 0 unspecified atom stereocenters. The van der Waals surface area contributed by atoms with E-state index >= 15 is 0 Å². The highest BCUT2D eigenvalue weighted by Crippen LogP contribution is 2.12. The Morgan fingerprint density at radius 1 is 0.636 bits per heavy atom. The van der Waals surface area contributed by atoms with Crippen molar-refractivity contribution in [3.63, 3.8) is 0 Å². The van der Waals surface area contributed by atoms with E-state index in [0.29, 0.717) is 0 Å². The van der Waals surface area contributed by atoms with Crippen LogP contribution in [0.1, 0.15) is 104 Å². The molecule has 0 spiro atoms. The van der Waals surface area contributed by atoms with Gasteiger partial charge in [-0.15, -0.1) is 0 Å². The van der Waals surface area contributed by atoms with Gasteiger partial charge in [-0.05, 0) is 0 Å². The molecule has 2 heteroatoms. The second-order valence-electron chi connectivity index (χ2n) is 6.52. The summed E-state index contributed by atoms with van der Waals surface area (Å²) in [6.45, 7) is 4.58. The average molecular weight is 310 g/mol. The third-order valence-electron chi connectivity index (χ3n) is 4.14. The van der Waals surface area contributed by atoms with Gasteiger partial charge in [-0.3, -0.25) is 4.98 Å². The number of aromatic amines is 1. The zero-order valence-corrected chi connectivity index (χ0v) is 15.6. The summed E-state index contributed by atoms with van der Waals surface area (Å²) >= 11 is 0. The number of hydrogen-bond donors (Lipinski definition) is 1. The second-order valence-corrected chi connectivity index (χ2v) is 6.52. The van der Waals surface area contributed by atoms with E-state index in [1.54, 1.807) is 0 Å². The summed E-state index contributed by atoms with van der Waals surface area (Å²) in [5.74, 6) is 0. The Hall–Kier alpha value is -0.790. The van der Waals surface area contributed by atoms with Gasteiger partial charge >= 0.3 is 0 Å². The molecule has 0 bridgehead atoms. The highest BCUT2D eigenvalue weighted by atomic mass is 15.0. The van der Waals surface area contributed by atoms with Crippen LogP contribution < -0.4 is 4.57 Å². The van der Waals surface area contributed by atoms with Gasteiger partial charge in [-0.1, -0.05) is 104 Å². The number of aromatic nitrogens is 2. The largest absolute Gasteiger partial charge is 0.250 e. The first-order valence-electron chi connectivity index (χ1n) is 9.79. The number of imidazole rings is 1. The van der Waals surface area contributed by atoms with Crippen LogP contribution in [0.15, 0.2) is 18.7 Å². The van der Waals surface area contributed by atoms with Crippen LogP contribution in [0.5, 0.6) is 0 Å². The molecule has 0 fully saturated rings. The predicted molar refractivity (Wildman–Crippen MR) is 98.0 cm³/mol. The quantitative estimate of drug-likeness (QED) is 0.324. The molecule has 1 N–H and O–H groups in total. The molecule has 130 valence electrons. The first-order valence-corrected chi connectivity index (χ1v) is 9.79. The smallest absolute Gasteiger partial charge is 0.241 e. The van der Waals surface area contributed by atoms with Gasteiger partial charge in [0.2, 0.25) is 6.33 Å². The topological polar surface area (TPSA) is 19.7 Å². The minimum Gasteiger partial charge on any atom is -0.250 e. The lowest BCUT2D eigenvalue weighted by Gasteiger charge is -2.02. The summed E-state index contributed by atoms with van der Waals surface area (Å²) in [6, 6.07) is 0. The lowest BCUT2D eigenvalue weighted by molar-refractivity contribution is -0.670. The molecule has 22 heavy (non-hydrogen) atoms. The van der Waals surface area contributed by atoms with Crippen LogP contribution in [0.2, 0.25) is 0 Å². The van der Waals surface area contributed by atoms with Gasteiger partial charge in [-0.2, -0.15) is 0 Å². The van der Waals surface area contributed by atoms with Crippen LogP contribution in [0, 0.1) is 0 Å². The van der Waals surface area contributed by atoms with Gasteiger partial charge in [0, 0.05) is 0 Å². The molecule has 0 aliphatic rings. The van der Waals surface area contributed by atoms with Crippen molar-refractivity contribution in [1.82, 2.24) is 4.98 Å². The van der Waals surface area contributed by atoms with Crippen molar-refractivity contribution in [2.45, 2.75) is 104 Å². The molecule has 1 heterocycles. The predicted octanol–water partition coefficient (Wildman–Crippen LogP) is 6.33. The van der Waals surface area contributed by atoms with Gasteiger partial charge in [0.25, 0.3) is 0 Å². The molecule has 1 aromatic heterocycles. The van der Waals surface area contributed by atoms with Gasteiger partial charge in [0.1, 0.15) is 12.4 Å². The molecule has 0 saturated carbocycles. The van der Waals surface area contributed by atoms with Gasteiger partial charge < -0.3 is 0 Å². The van der Waals surface area contributed by atoms with Crippen molar-refractivity contribution in [3.8, 4) is 0 Å². The van der Waals surface area contributed by atoms with E-state index in [9.17, 15) is 0 Å². The summed E-state index contributed by atoms with van der Waals surface area (Å²) in [5.41, 5.74) is 0. The van der Waals surface area contributed by atoms with Crippen LogP contribution in [0.25, 0.3) is 0 Å². The number of rotatable bonds is 13.